The van der Waals surface area contributed by atoms with Gasteiger partial charge in [0.1, 0.15) is 55.4 Å². The van der Waals surface area contributed by atoms with Gasteiger partial charge in [0.25, 0.3) is 0 Å². The van der Waals surface area contributed by atoms with Crippen LogP contribution in [0.25, 0.3) is 0 Å². The summed E-state index contributed by atoms with van der Waals surface area (Å²) in [6.45, 7) is 6.40. The lowest BCUT2D eigenvalue weighted by molar-refractivity contribution is 0.262. The van der Waals surface area contributed by atoms with Gasteiger partial charge in [0, 0.05) is 5.41 Å². The van der Waals surface area contributed by atoms with Crippen molar-refractivity contribution in [1.82, 2.24) is 0 Å². The summed E-state index contributed by atoms with van der Waals surface area (Å²) in [7, 11) is 0. The third kappa shape index (κ3) is 5.45. The Labute approximate surface area is 205 Å². The Kier molecular flexibility index (Phi) is 6.10. The maximum atomic E-state index is 5.86. The fourth-order valence-electron chi connectivity index (χ4n) is 4.21. The van der Waals surface area contributed by atoms with E-state index in [0.717, 1.165) is 37.1 Å². The maximum Gasteiger partial charge on any atom is 0.119 e. The molecule has 0 unspecified atom stereocenters. The zero-order valence-corrected chi connectivity index (χ0v) is 19.9. The minimum Gasteiger partial charge on any atom is -0.491 e. The van der Waals surface area contributed by atoms with E-state index in [4.69, 9.17) is 28.4 Å². The van der Waals surface area contributed by atoms with Gasteiger partial charge in [-0.05, 0) is 60.0 Å². The first kappa shape index (κ1) is 22.4. The Morgan fingerprint density at radius 2 is 0.800 bits per heavy atom. The molecule has 0 radical (unpaired) electrons. The van der Waals surface area contributed by atoms with E-state index >= 15 is 0 Å². The minimum atomic E-state index is -0.381. The summed E-state index contributed by atoms with van der Waals surface area (Å²) >= 11 is 0. The third-order valence-corrected chi connectivity index (χ3v) is 6.81. The number of hydrogen-bond acceptors (Lipinski definition) is 6. The topological polar surface area (TPSA) is 65.3 Å². The summed E-state index contributed by atoms with van der Waals surface area (Å²) in [4.78, 5) is 0. The summed E-state index contributed by atoms with van der Waals surface area (Å²) in [5.41, 5.74) is 3.14. The monoisotopic (exact) mass is 474 g/mol. The number of rotatable bonds is 12. The van der Waals surface area contributed by atoms with Gasteiger partial charge in [-0.1, -0.05) is 36.4 Å². The van der Waals surface area contributed by atoms with Crippen LogP contribution >= 0.6 is 0 Å². The van der Waals surface area contributed by atoms with Crippen LogP contribution in [-0.2, 0) is 19.6 Å². The van der Waals surface area contributed by atoms with Crippen LogP contribution in [0.4, 0.5) is 0 Å². The fourth-order valence-corrected chi connectivity index (χ4v) is 4.21. The van der Waals surface area contributed by atoms with Gasteiger partial charge < -0.3 is 28.4 Å². The predicted molar refractivity (Wildman–Crippen MR) is 131 cm³/mol. The van der Waals surface area contributed by atoms with Crippen LogP contribution in [0.1, 0.15) is 23.6 Å². The van der Waals surface area contributed by atoms with Crippen LogP contribution in [0.2, 0.25) is 0 Å². The molecule has 3 aromatic carbocycles. The maximum absolute atomic E-state index is 5.86. The molecular formula is C29H30O6. The lowest BCUT2D eigenvalue weighted by Crippen LogP contribution is -2.25. The standard InChI is InChI=1S/C29H30O6/c1-29(20-2-8-23(9-3-20)30-14-26-17-33-26,21-4-10-24(11-5-21)31-15-27-18-34-27)22-6-12-25(13-7-22)32-16-28-19-35-28/h2-13,26-28H,14-19H2,1H3/t26-,27-,28+/m1/s1. The van der Waals surface area contributed by atoms with Crippen molar-refractivity contribution in [3.05, 3.63) is 89.5 Å². The normalized spacial score (nSPS) is 22.4. The van der Waals surface area contributed by atoms with Crippen molar-refractivity contribution in [1.29, 1.82) is 0 Å². The molecule has 0 bridgehead atoms. The van der Waals surface area contributed by atoms with Crippen molar-refractivity contribution >= 4 is 0 Å². The molecule has 182 valence electrons. The highest BCUT2D eigenvalue weighted by atomic mass is 16.6. The van der Waals surface area contributed by atoms with E-state index in [0.29, 0.717) is 19.8 Å². The molecule has 0 N–H and O–H groups in total. The highest BCUT2D eigenvalue weighted by Crippen LogP contribution is 2.40. The summed E-state index contributed by atoms with van der Waals surface area (Å²) in [5, 5.41) is 0. The number of benzene rings is 3. The van der Waals surface area contributed by atoms with E-state index in [9.17, 15) is 0 Å². The van der Waals surface area contributed by atoms with Gasteiger partial charge in [0.05, 0.1) is 19.8 Å². The van der Waals surface area contributed by atoms with Crippen molar-refractivity contribution < 1.29 is 28.4 Å². The van der Waals surface area contributed by atoms with E-state index in [1.807, 2.05) is 36.4 Å². The molecule has 6 heteroatoms. The summed E-state index contributed by atoms with van der Waals surface area (Å²) in [6.07, 6.45) is 0.707. The predicted octanol–water partition coefficient (Wildman–Crippen LogP) is 4.37. The molecule has 3 heterocycles. The molecule has 0 aromatic heterocycles. The average molecular weight is 475 g/mol. The summed E-state index contributed by atoms with van der Waals surface area (Å²) in [6, 6.07) is 25.1. The zero-order valence-electron chi connectivity index (χ0n) is 19.9. The molecule has 3 fully saturated rings. The van der Waals surface area contributed by atoms with Crippen molar-refractivity contribution in [3.63, 3.8) is 0 Å². The Hall–Kier alpha value is -3.06. The highest BCUT2D eigenvalue weighted by Gasteiger charge is 2.32. The van der Waals surface area contributed by atoms with Crippen LogP contribution in [0.5, 0.6) is 17.2 Å². The molecular weight excluding hydrogens is 444 g/mol. The van der Waals surface area contributed by atoms with Gasteiger partial charge in [-0.15, -0.1) is 0 Å². The first-order valence-corrected chi connectivity index (χ1v) is 12.2. The molecule has 6 nitrogen and oxygen atoms in total. The van der Waals surface area contributed by atoms with Crippen LogP contribution in [0.3, 0.4) is 0 Å². The highest BCUT2D eigenvalue weighted by molar-refractivity contribution is 5.52. The smallest absolute Gasteiger partial charge is 0.119 e. The molecule has 3 saturated heterocycles. The van der Waals surface area contributed by atoms with Crippen LogP contribution < -0.4 is 14.2 Å². The Morgan fingerprint density at radius 1 is 0.543 bits per heavy atom. The number of ether oxygens (including phenoxy) is 6. The first-order chi connectivity index (χ1) is 17.2. The number of hydrogen-bond donors (Lipinski definition) is 0. The molecule has 0 saturated carbocycles. The molecule has 35 heavy (non-hydrogen) atoms. The molecule has 3 aliphatic rings. The van der Waals surface area contributed by atoms with Gasteiger partial charge in [-0.2, -0.15) is 0 Å². The van der Waals surface area contributed by atoms with Crippen LogP contribution in [0, 0.1) is 0 Å². The van der Waals surface area contributed by atoms with Gasteiger partial charge in [-0.25, -0.2) is 0 Å². The SMILES string of the molecule is CC(c1ccc(OC[C@@H]2CO2)cc1)(c1ccc(OC[C@@H]2CO2)cc1)c1ccc(OC[C@H]2CO2)cc1. The zero-order chi connectivity index (χ0) is 23.7. The summed E-state index contributed by atoms with van der Waals surface area (Å²) in [5.74, 6) is 2.55. The van der Waals surface area contributed by atoms with E-state index in [1.54, 1.807) is 0 Å². The Bertz CT molecular complexity index is 969. The van der Waals surface area contributed by atoms with Crippen molar-refractivity contribution in [2.45, 2.75) is 30.7 Å². The summed E-state index contributed by atoms with van der Waals surface area (Å²) < 4.78 is 33.3. The minimum absolute atomic E-state index is 0.236. The second-order valence-electron chi connectivity index (χ2n) is 9.50. The fraction of sp³-hybridized carbons (Fsp3) is 0.379. The van der Waals surface area contributed by atoms with Gasteiger partial charge in [0.2, 0.25) is 0 Å². The Morgan fingerprint density at radius 3 is 1.03 bits per heavy atom. The van der Waals surface area contributed by atoms with Gasteiger partial charge >= 0.3 is 0 Å². The second-order valence-corrected chi connectivity index (χ2v) is 9.50. The van der Waals surface area contributed by atoms with E-state index in [1.165, 1.54) is 16.7 Å². The lowest BCUT2D eigenvalue weighted by atomic mass is 9.71. The molecule has 0 spiro atoms. The van der Waals surface area contributed by atoms with Crippen LogP contribution in [0.15, 0.2) is 72.8 Å². The molecule has 0 amide bonds. The Balaban J connectivity index is 1.26. The van der Waals surface area contributed by atoms with Gasteiger partial charge in [0.15, 0.2) is 0 Å². The third-order valence-electron chi connectivity index (χ3n) is 6.81. The van der Waals surface area contributed by atoms with E-state index in [2.05, 4.69) is 43.3 Å². The average Bonchev–Trinajstić information content (AvgIpc) is 3.76. The van der Waals surface area contributed by atoms with Crippen molar-refractivity contribution in [3.8, 4) is 17.2 Å². The first-order valence-electron chi connectivity index (χ1n) is 12.2. The molecule has 6 rings (SSSR count). The molecule has 3 aromatic rings. The quantitative estimate of drug-likeness (QED) is 0.287. The second kappa shape index (κ2) is 9.53. The van der Waals surface area contributed by atoms with E-state index < -0.39 is 0 Å². The van der Waals surface area contributed by atoms with Gasteiger partial charge in [-0.3, -0.25) is 0 Å². The van der Waals surface area contributed by atoms with Crippen molar-refractivity contribution in [2.24, 2.45) is 0 Å². The van der Waals surface area contributed by atoms with Crippen LogP contribution in [-0.4, -0.2) is 58.0 Å². The lowest BCUT2D eigenvalue weighted by Gasteiger charge is -2.32. The molecule has 3 atom stereocenters. The largest absolute Gasteiger partial charge is 0.491 e. The number of epoxide rings is 3. The van der Waals surface area contributed by atoms with E-state index in [-0.39, 0.29) is 23.7 Å². The molecule has 0 aliphatic carbocycles. The molecule has 3 aliphatic heterocycles. The van der Waals surface area contributed by atoms with Crippen molar-refractivity contribution in [2.75, 3.05) is 39.6 Å².